The molecular weight excluding hydrogens is 523 g/mol. The van der Waals surface area contributed by atoms with Crippen molar-refractivity contribution in [3.05, 3.63) is 40.9 Å². The van der Waals surface area contributed by atoms with E-state index in [2.05, 4.69) is 43.9 Å². The topological polar surface area (TPSA) is 26.3 Å². The number of hydrogen-bond acceptors (Lipinski definition) is 2. The molecule has 3 aliphatic carbocycles. The van der Waals surface area contributed by atoms with Crippen LogP contribution >= 0.6 is 18.9 Å². The first-order chi connectivity index (χ1) is 18.3. The van der Waals surface area contributed by atoms with Crippen molar-refractivity contribution in [2.75, 3.05) is 6.16 Å². The summed E-state index contributed by atoms with van der Waals surface area (Å²) >= 11 is 6.12. The van der Waals surface area contributed by atoms with Crippen LogP contribution in [0.15, 0.2) is 30.3 Å². The van der Waals surface area contributed by atoms with E-state index >= 15 is 0 Å². The lowest BCUT2D eigenvalue weighted by atomic mass is 9.98. The molecule has 0 bridgehead atoms. The normalized spacial score (nSPS) is 22.0. The van der Waals surface area contributed by atoms with Crippen LogP contribution in [0.4, 0.5) is 0 Å². The Morgan fingerprint density at radius 3 is 1.71 bits per heavy atom. The van der Waals surface area contributed by atoms with Gasteiger partial charge in [0.2, 0.25) is 8.32 Å². The smallest absolute Gasteiger partial charge is 0.299 e. The molecule has 2 nitrogen and oxygen atoms in total. The summed E-state index contributed by atoms with van der Waals surface area (Å²) in [6.45, 7) is 6.49. The van der Waals surface area contributed by atoms with Gasteiger partial charge in [-0.1, -0.05) is 55.1 Å². The Morgan fingerprint density at radius 2 is 1.29 bits per heavy atom. The van der Waals surface area contributed by atoms with E-state index in [9.17, 15) is 4.79 Å². The van der Waals surface area contributed by atoms with Gasteiger partial charge >= 0.3 is 0 Å². The zero-order chi connectivity index (χ0) is 27.0. The summed E-state index contributed by atoms with van der Waals surface area (Å²) in [5.41, 5.74) is 3.83. The fourth-order valence-corrected chi connectivity index (χ4v) is 16.6. The highest BCUT2D eigenvalue weighted by molar-refractivity contribution is 7.78. The standard InChI is InChI=1S/C33H53ClO2PSi/c1-38(2,3)36-33(35)28(15-13-14-27-22-24-29(34)25-23-27)26-37(30-16-7-4-8-17-30,31-18-9-5-10-19-31)32-20-11-6-12-21-32/h13-14,22-25,28,30-32H,4-12,15-21,26H2,1-3H3/q+1/b14-13+. The molecule has 0 aliphatic heterocycles. The lowest BCUT2D eigenvalue weighted by Gasteiger charge is -2.50. The Labute approximate surface area is 240 Å². The van der Waals surface area contributed by atoms with Gasteiger partial charge in [-0.05, 0) is 121 Å². The lowest BCUT2D eigenvalue weighted by Crippen LogP contribution is -2.41. The molecule has 212 valence electrons. The van der Waals surface area contributed by atoms with Crippen molar-refractivity contribution in [3.63, 3.8) is 0 Å². The summed E-state index contributed by atoms with van der Waals surface area (Å²) in [6.07, 6.45) is 27.7. The van der Waals surface area contributed by atoms with Crippen molar-refractivity contribution >= 4 is 39.2 Å². The third-order valence-corrected chi connectivity index (χ3v) is 17.4. The van der Waals surface area contributed by atoms with Gasteiger partial charge in [-0.2, -0.15) is 0 Å². The van der Waals surface area contributed by atoms with E-state index in [-0.39, 0.29) is 11.9 Å². The van der Waals surface area contributed by atoms with Crippen molar-refractivity contribution in [2.24, 2.45) is 5.92 Å². The molecule has 0 heterocycles. The lowest BCUT2D eigenvalue weighted by molar-refractivity contribution is -0.138. The van der Waals surface area contributed by atoms with E-state index in [1.165, 1.54) is 96.3 Å². The quantitative estimate of drug-likeness (QED) is 0.205. The van der Waals surface area contributed by atoms with Crippen molar-refractivity contribution < 1.29 is 9.22 Å². The van der Waals surface area contributed by atoms with E-state index in [0.717, 1.165) is 40.1 Å². The van der Waals surface area contributed by atoms with Gasteiger partial charge in [-0.15, -0.1) is 0 Å². The summed E-state index contributed by atoms with van der Waals surface area (Å²) in [7, 11) is -3.32. The number of hydrogen-bond donors (Lipinski definition) is 0. The average molecular weight is 576 g/mol. The molecular formula is C33H53ClO2PSi+. The highest BCUT2D eigenvalue weighted by Gasteiger charge is 2.58. The first-order valence-corrected chi connectivity index (χ1v) is 21.8. The Morgan fingerprint density at radius 1 is 0.842 bits per heavy atom. The Kier molecular flexibility index (Phi) is 11.4. The van der Waals surface area contributed by atoms with Crippen molar-refractivity contribution in [2.45, 2.75) is 139 Å². The van der Waals surface area contributed by atoms with Gasteiger partial charge in [0, 0.05) is 12.3 Å². The second kappa shape index (κ2) is 14.3. The molecule has 3 aliphatic rings. The van der Waals surface area contributed by atoms with E-state index in [1.54, 1.807) is 0 Å². The zero-order valence-corrected chi connectivity index (χ0v) is 27.1. The van der Waals surface area contributed by atoms with Gasteiger partial charge in [-0.3, -0.25) is 4.79 Å². The van der Waals surface area contributed by atoms with Gasteiger partial charge in [0.1, 0.15) is 0 Å². The first-order valence-electron chi connectivity index (χ1n) is 15.8. The van der Waals surface area contributed by atoms with Gasteiger partial charge in [0.05, 0.1) is 29.1 Å². The van der Waals surface area contributed by atoms with E-state index < -0.39 is 15.6 Å². The maximum atomic E-state index is 14.0. The van der Waals surface area contributed by atoms with E-state index in [4.69, 9.17) is 16.0 Å². The van der Waals surface area contributed by atoms with Crippen LogP contribution < -0.4 is 0 Å². The Bertz CT molecular complexity index is 845. The summed E-state index contributed by atoms with van der Waals surface area (Å²) < 4.78 is 6.29. The van der Waals surface area contributed by atoms with Gasteiger partial charge in [0.25, 0.3) is 5.97 Å². The van der Waals surface area contributed by atoms with Gasteiger partial charge in [-0.25, -0.2) is 0 Å². The third kappa shape index (κ3) is 8.20. The van der Waals surface area contributed by atoms with Gasteiger partial charge < -0.3 is 4.43 Å². The van der Waals surface area contributed by atoms with Crippen LogP contribution in [0.25, 0.3) is 6.08 Å². The SMILES string of the molecule is C[Si](C)(C)OC(=O)C(C/C=C/c1ccc(Cl)cc1)C[P+](C1CCCCC1)(C1CCCCC1)C1CCCCC1. The number of rotatable bonds is 10. The molecule has 0 spiro atoms. The molecule has 5 heteroatoms. The van der Waals surface area contributed by atoms with Gasteiger partial charge in [0.15, 0.2) is 0 Å². The molecule has 3 fully saturated rings. The minimum atomic E-state index is -1.96. The maximum Gasteiger partial charge on any atom is 0.299 e. The molecule has 4 rings (SSSR count). The van der Waals surface area contributed by atoms with Crippen molar-refractivity contribution in [3.8, 4) is 0 Å². The second-order valence-corrected chi connectivity index (χ2v) is 22.9. The molecule has 3 saturated carbocycles. The first kappa shape index (κ1) is 30.3. The fraction of sp³-hybridized carbons (Fsp3) is 0.727. The van der Waals surface area contributed by atoms with E-state index in [0.29, 0.717) is 0 Å². The summed E-state index contributed by atoms with van der Waals surface area (Å²) in [4.78, 5) is 14.0. The number of carbonyl (C=O) groups excluding carboxylic acids is 1. The largest absolute Gasteiger partial charge is 0.520 e. The van der Waals surface area contributed by atoms with Crippen LogP contribution in [-0.2, 0) is 9.22 Å². The molecule has 0 amide bonds. The average Bonchev–Trinajstić information content (AvgIpc) is 2.92. The van der Waals surface area contributed by atoms with Crippen LogP contribution in [0.1, 0.15) is 108 Å². The summed E-state index contributed by atoms with van der Waals surface area (Å²) in [5.74, 6) is 0.112. The Balaban J connectivity index is 1.68. The van der Waals surface area contributed by atoms with Crippen LogP contribution in [0.3, 0.4) is 0 Å². The summed E-state index contributed by atoms with van der Waals surface area (Å²) in [5, 5.41) is 0.765. The Hall–Kier alpha value is -0.633. The third-order valence-electron chi connectivity index (χ3n) is 9.64. The minimum absolute atomic E-state index is 0.00406. The van der Waals surface area contributed by atoms with Crippen molar-refractivity contribution in [1.82, 2.24) is 0 Å². The van der Waals surface area contributed by atoms with E-state index in [1.807, 2.05) is 12.1 Å². The zero-order valence-electron chi connectivity index (χ0n) is 24.4. The fourth-order valence-electron chi connectivity index (χ4n) is 7.98. The highest BCUT2D eigenvalue weighted by atomic mass is 35.5. The molecule has 0 saturated heterocycles. The summed E-state index contributed by atoms with van der Waals surface area (Å²) in [6, 6.07) is 8.03. The van der Waals surface area contributed by atoms with Crippen LogP contribution in [0, 0.1) is 5.92 Å². The predicted molar refractivity (Wildman–Crippen MR) is 170 cm³/mol. The number of allylic oxidation sites excluding steroid dienone is 1. The number of benzene rings is 1. The number of carbonyl (C=O) groups is 1. The monoisotopic (exact) mass is 575 g/mol. The molecule has 1 aromatic carbocycles. The number of halogens is 1. The molecule has 0 radical (unpaired) electrons. The molecule has 1 aromatic rings. The van der Waals surface area contributed by atoms with Crippen LogP contribution in [0.2, 0.25) is 24.7 Å². The second-order valence-electron chi connectivity index (χ2n) is 13.5. The van der Waals surface area contributed by atoms with Crippen molar-refractivity contribution in [1.29, 1.82) is 0 Å². The predicted octanol–water partition coefficient (Wildman–Crippen LogP) is 10.8. The van der Waals surface area contributed by atoms with Crippen LogP contribution in [0.5, 0.6) is 0 Å². The molecule has 1 unspecified atom stereocenters. The van der Waals surface area contributed by atoms with Crippen LogP contribution in [-0.4, -0.2) is 37.4 Å². The molecule has 0 N–H and O–H groups in total. The molecule has 38 heavy (non-hydrogen) atoms. The molecule has 1 atom stereocenters. The molecule has 0 aromatic heterocycles. The maximum absolute atomic E-state index is 14.0. The highest BCUT2D eigenvalue weighted by Crippen LogP contribution is 2.78. The minimum Gasteiger partial charge on any atom is -0.520 e.